The van der Waals surface area contributed by atoms with Crippen molar-refractivity contribution in [3.63, 3.8) is 0 Å². The van der Waals surface area contributed by atoms with Gasteiger partial charge in [0.05, 0.1) is 5.69 Å². The van der Waals surface area contributed by atoms with Crippen molar-refractivity contribution >= 4 is 17.9 Å². The van der Waals surface area contributed by atoms with Gasteiger partial charge in [0.15, 0.2) is 0 Å². The predicted molar refractivity (Wildman–Crippen MR) is 119 cm³/mol. The van der Waals surface area contributed by atoms with Crippen molar-refractivity contribution in [3.05, 3.63) is 96.1 Å². The van der Waals surface area contributed by atoms with Gasteiger partial charge in [-0.2, -0.15) is 4.98 Å². The number of benzene rings is 3. The second-order valence-corrected chi connectivity index (χ2v) is 7.49. The van der Waals surface area contributed by atoms with Crippen LogP contribution in [0.25, 0.3) is 11.3 Å². The zero-order valence-electron chi connectivity index (χ0n) is 16.3. The van der Waals surface area contributed by atoms with Gasteiger partial charge in [-0.25, -0.2) is 4.98 Å². The number of hydrogen-bond donors (Lipinski definition) is 1. The van der Waals surface area contributed by atoms with Crippen LogP contribution >= 0.6 is 11.9 Å². The van der Waals surface area contributed by atoms with Crippen molar-refractivity contribution in [1.29, 1.82) is 0 Å². The van der Waals surface area contributed by atoms with Crippen molar-refractivity contribution in [2.24, 2.45) is 0 Å². The van der Waals surface area contributed by atoms with Gasteiger partial charge in [0, 0.05) is 16.5 Å². The first-order chi connectivity index (χ1) is 14.2. The lowest BCUT2D eigenvalue weighted by Gasteiger charge is -2.13. The molecule has 0 aliphatic carbocycles. The molecule has 0 amide bonds. The van der Waals surface area contributed by atoms with Crippen molar-refractivity contribution in [2.45, 2.75) is 18.7 Å². The molecule has 0 saturated carbocycles. The van der Waals surface area contributed by atoms with Gasteiger partial charge in [0.25, 0.3) is 0 Å². The molecule has 0 aliphatic heterocycles. The number of ether oxygens (including phenoxy) is 1. The SMILES string of the molecule is Cc1cccc(C)c1-c1cc(Oc2ccccc2)nc(NSc2ccccc2)n1. The first-order valence-electron chi connectivity index (χ1n) is 9.35. The summed E-state index contributed by atoms with van der Waals surface area (Å²) in [5, 5.41) is 0. The highest BCUT2D eigenvalue weighted by Gasteiger charge is 2.13. The van der Waals surface area contributed by atoms with E-state index < -0.39 is 0 Å². The Morgan fingerprint density at radius 1 is 0.759 bits per heavy atom. The standard InChI is InChI=1S/C24H21N3OS/c1-17-10-9-11-18(2)23(17)21-16-22(28-19-12-5-3-6-13-19)26-24(25-21)27-29-20-14-7-4-8-15-20/h3-16H,1-2H3,(H,25,26,27). The molecule has 0 radical (unpaired) electrons. The molecule has 1 N–H and O–H groups in total. The van der Waals surface area contributed by atoms with E-state index in [0.717, 1.165) is 33.0 Å². The summed E-state index contributed by atoms with van der Waals surface area (Å²) in [6.07, 6.45) is 0. The molecule has 0 unspecified atom stereocenters. The molecule has 29 heavy (non-hydrogen) atoms. The number of hydrogen-bond acceptors (Lipinski definition) is 5. The summed E-state index contributed by atoms with van der Waals surface area (Å²) in [4.78, 5) is 10.4. The van der Waals surface area contributed by atoms with Gasteiger partial charge in [0.1, 0.15) is 5.75 Å². The fourth-order valence-electron chi connectivity index (χ4n) is 3.07. The van der Waals surface area contributed by atoms with Gasteiger partial charge in [-0.15, -0.1) is 0 Å². The number of rotatable bonds is 6. The Hall–Kier alpha value is -3.31. The van der Waals surface area contributed by atoms with Gasteiger partial charge in [0.2, 0.25) is 11.8 Å². The molecular formula is C24H21N3OS. The van der Waals surface area contributed by atoms with Crippen LogP contribution in [0.5, 0.6) is 11.6 Å². The van der Waals surface area contributed by atoms with E-state index in [0.29, 0.717) is 11.8 Å². The third-order valence-electron chi connectivity index (χ3n) is 4.41. The van der Waals surface area contributed by atoms with Crippen molar-refractivity contribution in [1.82, 2.24) is 9.97 Å². The molecule has 0 bridgehead atoms. The van der Waals surface area contributed by atoms with Crippen molar-refractivity contribution in [3.8, 4) is 22.9 Å². The van der Waals surface area contributed by atoms with Crippen molar-refractivity contribution in [2.75, 3.05) is 4.72 Å². The van der Waals surface area contributed by atoms with E-state index in [2.05, 4.69) is 41.8 Å². The largest absolute Gasteiger partial charge is 0.439 e. The van der Waals surface area contributed by atoms with Crippen LogP contribution in [-0.2, 0) is 0 Å². The maximum atomic E-state index is 6.01. The Bertz CT molecular complexity index is 1080. The van der Waals surface area contributed by atoms with Gasteiger partial charge < -0.3 is 4.74 Å². The molecule has 4 nitrogen and oxygen atoms in total. The molecule has 144 valence electrons. The topological polar surface area (TPSA) is 47.0 Å². The van der Waals surface area contributed by atoms with E-state index >= 15 is 0 Å². The summed E-state index contributed by atoms with van der Waals surface area (Å²) in [7, 11) is 0. The highest BCUT2D eigenvalue weighted by Crippen LogP contribution is 2.31. The lowest BCUT2D eigenvalue weighted by atomic mass is 10.00. The van der Waals surface area contributed by atoms with Crippen LogP contribution in [-0.4, -0.2) is 9.97 Å². The van der Waals surface area contributed by atoms with Crippen LogP contribution in [0, 0.1) is 13.8 Å². The Balaban J connectivity index is 1.71. The monoisotopic (exact) mass is 399 g/mol. The van der Waals surface area contributed by atoms with E-state index in [1.54, 1.807) is 0 Å². The highest BCUT2D eigenvalue weighted by molar-refractivity contribution is 8.00. The minimum atomic E-state index is 0.500. The molecule has 4 rings (SSSR count). The lowest BCUT2D eigenvalue weighted by molar-refractivity contribution is 0.463. The second-order valence-electron chi connectivity index (χ2n) is 6.61. The fraction of sp³-hybridized carbons (Fsp3) is 0.0833. The molecule has 0 fully saturated rings. The zero-order chi connectivity index (χ0) is 20.1. The van der Waals surface area contributed by atoms with E-state index in [9.17, 15) is 0 Å². The van der Waals surface area contributed by atoms with Gasteiger partial charge >= 0.3 is 0 Å². The summed E-state index contributed by atoms with van der Waals surface area (Å²) >= 11 is 1.47. The average molecular weight is 400 g/mol. The highest BCUT2D eigenvalue weighted by atomic mass is 32.2. The molecule has 0 atom stereocenters. The Kier molecular flexibility index (Phi) is 5.77. The average Bonchev–Trinajstić information content (AvgIpc) is 2.74. The molecule has 1 heterocycles. The lowest BCUT2D eigenvalue weighted by Crippen LogP contribution is -2.00. The van der Waals surface area contributed by atoms with Crippen LogP contribution in [0.2, 0.25) is 0 Å². The number of anilines is 1. The van der Waals surface area contributed by atoms with Crippen LogP contribution in [0.4, 0.5) is 5.95 Å². The maximum absolute atomic E-state index is 6.01. The van der Waals surface area contributed by atoms with E-state index in [4.69, 9.17) is 9.72 Å². The Labute approximate surface area is 175 Å². The fourth-order valence-corrected chi connectivity index (χ4v) is 3.67. The number of nitrogens with one attached hydrogen (secondary N) is 1. The van der Waals surface area contributed by atoms with Crippen LogP contribution < -0.4 is 9.46 Å². The van der Waals surface area contributed by atoms with Crippen LogP contribution in [0.15, 0.2) is 89.8 Å². The number of para-hydroxylation sites is 1. The molecule has 0 spiro atoms. The van der Waals surface area contributed by atoms with Gasteiger partial charge in [-0.1, -0.05) is 54.6 Å². The number of nitrogens with zero attached hydrogens (tertiary/aromatic N) is 2. The maximum Gasteiger partial charge on any atom is 0.237 e. The van der Waals surface area contributed by atoms with Gasteiger partial charge in [-0.05, 0) is 61.2 Å². The van der Waals surface area contributed by atoms with E-state index in [1.165, 1.54) is 11.9 Å². The third kappa shape index (κ3) is 4.76. The molecule has 5 heteroatoms. The normalized spacial score (nSPS) is 10.6. The molecule has 4 aromatic rings. The number of aromatic nitrogens is 2. The minimum Gasteiger partial charge on any atom is -0.439 e. The zero-order valence-corrected chi connectivity index (χ0v) is 17.1. The molecule has 3 aromatic carbocycles. The minimum absolute atomic E-state index is 0.500. The second kappa shape index (κ2) is 8.80. The Morgan fingerprint density at radius 3 is 2.10 bits per heavy atom. The molecular weight excluding hydrogens is 378 g/mol. The van der Waals surface area contributed by atoms with Gasteiger partial charge in [-0.3, -0.25) is 4.72 Å². The summed E-state index contributed by atoms with van der Waals surface area (Å²) < 4.78 is 9.26. The molecule has 0 aliphatic rings. The summed E-state index contributed by atoms with van der Waals surface area (Å²) in [6.45, 7) is 4.18. The Morgan fingerprint density at radius 2 is 1.41 bits per heavy atom. The summed E-state index contributed by atoms with van der Waals surface area (Å²) in [5.41, 5.74) is 4.25. The summed E-state index contributed by atoms with van der Waals surface area (Å²) in [5.74, 6) is 1.74. The smallest absolute Gasteiger partial charge is 0.237 e. The van der Waals surface area contributed by atoms with Crippen molar-refractivity contribution < 1.29 is 4.74 Å². The molecule has 1 aromatic heterocycles. The van der Waals surface area contributed by atoms with E-state index in [-0.39, 0.29) is 0 Å². The first-order valence-corrected chi connectivity index (χ1v) is 10.2. The van der Waals surface area contributed by atoms with Crippen LogP contribution in [0.3, 0.4) is 0 Å². The predicted octanol–water partition coefficient (Wildman–Crippen LogP) is 6.67. The molecule has 0 saturated heterocycles. The summed E-state index contributed by atoms with van der Waals surface area (Å²) in [6, 6.07) is 27.8. The third-order valence-corrected chi connectivity index (χ3v) is 5.20. The first kappa shape index (κ1) is 19.0. The van der Waals surface area contributed by atoms with Crippen LogP contribution in [0.1, 0.15) is 11.1 Å². The quantitative estimate of drug-likeness (QED) is 0.367. The van der Waals surface area contributed by atoms with E-state index in [1.807, 2.05) is 66.7 Å². The number of aryl methyl sites for hydroxylation is 2.